The fourth-order valence-electron chi connectivity index (χ4n) is 0.964. The van der Waals surface area contributed by atoms with Crippen molar-refractivity contribution in [3.8, 4) is 0 Å². The first-order chi connectivity index (χ1) is 7.13. The number of hydrogen-bond donors (Lipinski definition) is 1. The van der Waals surface area contributed by atoms with E-state index in [-0.39, 0.29) is 12.4 Å². The van der Waals surface area contributed by atoms with Crippen LogP contribution in [0.2, 0.25) is 5.02 Å². The van der Waals surface area contributed by atoms with E-state index in [9.17, 15) is 4.79 Å². The highest BCUT2D eigenvalue weighted by atomic mass is 35.5. The van der Waals surface area contributed by atoms with E-state index in [1.165, 1.54) is 13.3 Å². The van der Waals surface area contributed by atoms with Crippen LogP contribution in [0.1, 0.15) is 12.0 Å². The minimum Gasteiger partial charge on any atom is -0.469 e. The molecule has 15 heavy (non-hydrogen) atoms. The summed E-state index contributed by atoms with van der Waals surface area (Å²) in [7, 11) is 1.34. The molecule has 0 atom stereocenters. The van der Waals surface area contributed by atoms with E-state index in [1.54, 1.807) is 18.2 Å². The third kappa shape index (κ3) is 3.59. The van der Waals surface area contributed by atoms with Gasteiger partial charge in [-0.3, -0.25) is 4.79 Å². The maximum Gasteiger partial charge on any atom is 0.309 e. The van der Waals surface area contributed by atoms with Crippen LogP contribution >= 0.6 is 11.6 Å². The summed E-state index contributed by atoms with van der Waals surface area (Å²) in [5, 5.41) is 0.502. The highest BCUT2D eigenvalue weighted by molar-refractivity contribution is 6.30. The fourth-order valence-corrected chi connectivity index (χ4v) is 1.13. The Bertz CT molecular complexity index is 391. The lowest BCUT2D eigenvalue weighted by molar-refractivity contribution is -0.139. The summed E-state index contributed by atoms with van der Waals surface area (Å²) in [4.78, 5) is 14.7. The Morgan fingerprint density at radius 1 is 1.73 bits per heavy atom. The van der Waals surface area contributed by atoms with Crippen molar-refractivity contribution in [3.05, 3.63) is 28.9 Å². The van der Waals surface area contributed by atoms with Crippen LogP contribution in [-0.2, 0) is 9.53 Å². The van der Waals surface area contributed by atoms with Crippen molar-refractivity contribution < 1.29 is 9.53 Å². The second-order valence-electron chi connectivity index (χ2n) is 2.81. The molecule has 1 aromatic heterocycles. The average molecular weight is 227 g/mol. The molecule has 0 amide bonds. The number of nitrogens with zero attached hydrogens (tertiary/aromatic N) is 1. The van der Waals surface area contributed by atoms with Gasteiger partial charge in [0.05, 0.1) is 18.6 Å². The predicted molar refractivity (Wildman–Crippen MR) is 59.3 cm³/mol. The van der Waals surface area contributed by atoms with Crippen molar-refractivity contribution in [3.63, 3.8) is 0 Å². The Balaban J connectivity index is 2.71. The van der Waals surface area contributed by atoms with Gasteiger partial charge in [-0.05, 0) is 6.07 Å². The number of hydrogen-bond acceptors (Lipinski definition) is 4. The number of anilines is 1. The highest BCUT2D eigenvalue weighted by Gasteiger charge is 1.99. The summed E-state index contributed by atoms with van der Waals surface area (Å²) in [5.74, 6) is 0.0697. The summed E-state index contributed by atoms with van der Waals surface area (Å²) in [6.07, 6.45) is 5.00. The number of ether oxygens (including phenoxy) is 1. The largest absolute Gasteiger partial charge is 0.469 e. The molecule has 0 saturated heterocycles. The second kappa shape index (κ2) is 5.36. The van der Waals surface area contributed by atoms with Crippen LogP contribution in [0, 0.1) is 0 Å². The number of rotatable bonds is 3. The van der Waals surface area contributed by atoms with Crippen LogP contribution in [0.5, 0.6) is 0 Å². The third-order valence-corrected chi connectivity index (χ3v) is 1.93. The van der Waals surface area contributed by atoms with Crippen LogP contribution in [0.4, 0.5) is 5.82 Å². The van der Waals surface area contributed by atoms with Gasteiger partial charge in [0.15, 0.2) is 0 Å². The second-order valence-corrected chi connectivity index (χ2v) is 3.25. The van der Waals surface area contributed by atoms with Crippen molar-refractivity contribution in [1.29, 1.82) is 0 Å². The molecule has 80 valence electrons. The van der Waals surface area contributed by atoms with Crippen LogP contribution in [0.15, 0.2) is 18.3 Å². The quantitative estimate of drug-likeness (QED) is 0.800. The van der Waals surface area contributed by atoms with Gasteiger partial charge in [-0.1, -0.05) is 23.8 Å². The predicted octanol–water partition coefficient (Wildman–Crippen LogP) is 1.89. The SMILES string of the molecule is COC(=O)CC=Cc1cc(Cl)cnc1N. The molecule has 0 aliphatic rings. The van der Waals surface area contributed by atoms with Gasteiger partial charge in [0.25, 0.3) is 0 Å². The van der Waals surface area contributed by atoms with Gasteiger partial charge in [0.2, 0.25) is 0 Å². The van der Waals surface area contributed by atoms with E-state index in [2.05, 4.69) is 9.72 Å². The first kappa shape index (κ1) is 11.5. The first-order valence-electron chi connectivity index (χ1n) is 4.28. The minimum atomic E-state index is -0.306. The van der Waals surface area contributed by atoms with Crippen molar-refractivity contribution in [2.45, 2.75) is 6.42 Å². The normalized spacial score (nSPS) is 10.5. The molecule has 0 aromatic carbocycles. The monoisotopic (exact) mass is 226 g/mol. The Morgan fingerprint density at radius 2 is 2.47 bits per heavy atom. The maximum atomic E-state index is 10.8. The fraction of sp³-hybridized carbons (Fsp3) is 0.200. The van der Waals surface area contributed by atoms with E-state index in [0.717, 1.165) is 0 Å². The molecule has 1 aromatic rings. The lowest BCUT2D eigenvalue weighted by Crippen LogP contribution is -1.97. The Morgan fingerprint density at radius 3 is 3.13 bits per heavy atom. The Labute approximate surface area is 92.7 Å². The van der Waals surface area contributed by atoms with E-state index < -0.39 is 0 Å². The molecule has 0 radical (unpaired) electrons. The molecule has 1 rings (SSSR count). The molecule has 5 heteroatoms. The van der Waals surface area contributed by atoms with E-state index >= 15 is 0 Å². The van der Waals surface area contributed by atoms with Gasteiger partial charge in [-0.15, -0.1) is 0 Å². The number of nitrogens with two attached hydrogens (primary N) is 1. The van der Waals surface area contributed by atoms with E-state index in [0.29, 0.717) is 16.4 Å². The molecule has 1 heterocycles. The van der Waals surface area contributed by atoms with Gasteiger partial charge in [0, 0.05) is 11.8 Å². The van der Waals surface area contributed by atoms with Crippen LogP contribution in [0.25, 0.3) is 6.08 Å². The number of aromatic nitrogens is 1. The summed E-state index contributed by atoms with van der Waals surface area (Å²) in [5.41, 5.74) is 6.29. The van der Waals surface area contributed by atoms with Gasteiger partial charge < -0.3 is 10.5 Å². The van der Waals surface area contributed by atoms with E-state index in [4.69, 9.17) is 17.3 Å². The standard InChI is InChI=1S/C10H11ClN2O2/c1-15-9(14)4-2-3-7-5-8(11)6-13-10(7)12/h2-3,5-6H,4H2,1H3,(H2,12,13). The lowest BCUT2D eigenvalue weighted by Gasteiger charge is -1.99. The van der Waals surface area contributed by atoms with Gasteiger partial charge in [-0.2, -0.15) is 0 Å². The highest BCUT2D eigenvalue weighted by Crippen LogP contribution is 2.16. The number of carbonyl (C=O) groups is 1. The van der Waals surface area contributed by atoms with Crippen molar-refractivity contribution in [2.24, 2.45) is 0 Å². The molecule has 0 saturated carbocycles. The molecule has 0 aliphatic carbocycles. The lowest BCUT2D eigenvalue weighted by atomic mass is 10.2. The summed E-state index contributed by atoms with van der Waals surface area (Å²) in [6, 6.07) is 1.68. The minimum absolute atomic E-state index is 0.197. The average Bonchev–Trinajstić information content (AvgIpc) is 2.23. The molecular formula is C10H11ClN2O2. The third-order valence-electron chi connectivity index (χ3n) is 1.73. The topological polar surface area (TPSA) is 65.2 Å². The molecule has 0 aliphatic heterocycles. The number of pyridine rings is 1. The van der Waals surface area contributed by atoms with Crippen LogP contribution < -0.4 is 5.73 Å². The molecule has 4 nitrogen and oxygen atoms in total. The zero-order valence-electron chi connectivity index (χ0n) is 8.24. The Hall–Kier alpha value is -1.55. The zero-order valence-corrected chi connectivity index (χ0v) is 8.99. The molecular weight excluding hydrogens is 216 g/mol. The van der Waals surface area contributed by atoms with Crippen molar-refractivity contribution >= 4 is 29.5 Å². The number of nitrogen functional groups attached to an aromatic ring is 1. The zero-order chi connectivity index (χ0) is 11.3. The molecule has 0 bridgehead atoms. The number of halogens is 1. The number of carbonyl (C=O) groups excluding carboxylic acids is 1. The molecule has 2 N–H and O–H groups in total. The summed E-state index contributed by atoms with van der Waals surface area (Å²) >= 11 is 5.74. The molecule has 0 spiro atoms. The van der Waals surface area contributed by atoms with Gasteiger partial charge in [0.1, 0.15) is 5.82 Å². The van der Waals surface area contributed by atoms with Crippen molar-refractivity contribution in [1.82, 2.24) is 4.98 Å². The van der Waals surface area contributed by atoms with E-state index in [1.807, 2.05) is 0 Å². The maximum absolute atomic E-state index is 10.8. The Kier molecular flexibility index (Phi) is 4.12. The smallest absolute Gasteiger partial charge is 0.309 e. The molecule has 0 fully saturated rings. The first-order valence-corrected chi connectivity index (χ1v) is 4.65. The number of methoxy groups -OCH3 is 1. The van der Waals surface area contributed by atoms with Gasteiger partial charge >= 0.3 is 5.97 Å². The van der Waals surface area contributed by atoms with Crippen molar-refractivity contribution in [2.75, 3.05) is 12.8 Å². The molecule has 0 unspecified atom stereocenters. The van der Waals surface area contributed by atoms with Crippen LogP contribution in [0.3, 0.4) is 0 Å². The van der Waals surface area contributed by atoms with Gasteiger partial charge in [-0.25, -0.2) is 4.98 Å². The number of esters is 1. The summed E-state index contributed by atoms with van der Waals surface area (Å²) in [6.45, 7) is 0. The summed E-state index contributed by atoms with van der Waals surface area (Å²) < 4.78 is 4.48. The van der Waals surface area contributed by atoms with Crippen LogP contribution in [-0.4, -0.2) is 18.1 Å².